The molecule has 0 unspecified atom stereocenters. The Hall–Kier alpha value is -1.72. The van der Waals surface area contributed by atoms with E-state index < -0.39 is 10.0 Å². The van der Waals surface area contributed by atoms with Crippen LogP contribution in [0.1, 0.15) is 11.1 Å². The summed E-state index contributed by atoms with van der Waals surface area (Å²) in [6, 6.07) is 10.4. The van der Waals surface area contributed by atoms with Crippen LogP contribution in [0.15, 0.2) is 53.7 Å². The fraction of sp³-hybridized carbons (Fsp3) is 0.0833. The van der Waals surface area contributed by atoms with Crippen molar-refractivity contribution >= 4 is 10.0 Å². The van der Waals surface area contributed by atoms with Crippen molar-refractivity contribution in [3.05, 3.63) is 59.9 Å². The van der Waals surface area contributed by atoms with E-state index in [1.165, 1.54) is 6.07 Å². The van der Waals surface area contributed by atoms with Crippen LogP contribution < -0.4 is 5.14 Å². The minimum atomic E-state index is -3.67. The minimum Gasteiger partial charge on any atom is -0.264 e. The highest BCUT2D eigenvalue weighted by atomic mass is 32.2. The topological polar surface area (TPSA) is 73.1 Å². The molecule has 0 fully saturated rings. The molecule has 0 atom stereocenters. The van der Waals surface area contributed by atoms with Gasteiger partial charge in [0.05, 0.1) is 4.90 Å². The molecule has 1 heterocycles. The van der Waals surface area contributed by atoms with E-state index in [1.54, 1.807) is 30.6 Å². The van der Waals surface area contributed by atoms with Crippen molar-refractivity contribution in [2.75, 3.05) is 0 Å². The van der Waals surface area contributed by atoms with Gasteiger partial charge < -0.3 is 0 Å². The molecule has 0 bridgehead atoms. The number of hydrogen-bond donors (Lipinski definition) is 1. The molecule has 2 rings (SSSR count). The number of benzene rings is 1. The molecule has 4 nitrogen and oxygen atoms in total. The highest BCUT2D eigenvalue weighted by Gasteiger charge is 2.12. The van der Waals surface area contributed by atoms with E-state index in [-0.39, 0.29) is 4.90 Å². The van der Waals surface area contributed by atoms with Crippen LogP contribution in [0.4, 0.5) is 0 Å². The lowest BCUT2D eigenvalue weighted by Gasteiger charge is -2.07. The summed E-state index contributed by atoms with van der Waals surface area (Å²) in [5, 5.41) is 5.17. The number of primary sulfonamides is 1. The maximum absolute atomic E-state index is 11.4. The van der Waals surface area contributed by atoms with Crippen molar-refractivity contribution < 1.29 is 8.42 Å². The number of nitrogens with zero attached hydrogens (tertiary/aromatic N) is 1. The fourth-order valence-electron chi connectivity index (χ4n) is 1.65. The molecule has 0 amide bonds. The summed E-state index contributed by atoms with van der Waals surface area (Å²) < 4.78 is 22.8. The van der Waals surface area contributed by atoms with Crippen LogP contribution in [0.2, 0.25) is 0 Å². The van der Waals surface area contributed by atoms with Gasteiger partial charge >= 0.3 is 0 Å². The van der Waals surface area contributed by atoms with Crippen LogP contribution >= 0.6 is 0 Å². The van der Waals surface area contributed by atoms with E-state index >= 15 is 0 Å². The Morgan fingerprint density at radius 1 is 1.12 bits per heavy atom. The molecular weight excluding hydrogens is 236 g/mol. The largest absolute Gasteiger partial charge is 0.264 e. The maximum Gasteiger partial charge on any atom is 0.238 e. The monoisotopic (exact) mass is 248 g/mol. The third-order valence-corrected chi connectivity index (χ3v) is 3.41. The quantitative estimate of drug-likeness (QED) is 0.890. The fourth-order valence-corrected chi connectivity index (χ4v) is 2.42. The standard InChI is InChI=1S/C12H12N2O2S/c13-17(15,16)12-6-2-1-5-11(12)8-10-4-3-7-14-9-10/h1-7,9H,8H2,(H2,13,15,16). The van der Waals surface area contributed by atoms with Crippen molar-refractivity contribution in [2.45, 2.75) is 11.3 Å². The Labute approximate surface area is 100 Å². The highest BCUT2D eigenvalue weighted by molar-refractivity contribution is 7.89. The van der Waals surface area contributed by atoms with E-state index in [0.29, 0.717) is 12.0 Å². The lowest BCUT2D eigenvalue weighted by atomic mass is 10.1. The molecule has 1 aromatic heterocycles. The Balaban J connectivity index is 2.41. The Kier molecular flexibility index (Phi) is 3.21. The first-order chi connectivity index (χ1) is 8.07. The zero-order valence-electron chi connectivity index (χ0n) is 9.08. The molecule has 0 aliphatic heterocycles. The van der Waals surface area contributed by atoms with Gasteiger partial charge in [0, 0.05) is 18.8 Å². The molecule has 0 radical (unpaired) electrons. The summed E-state index contributed by atoms with van der Waals surface area (Å²) in [5.74, 6) is 0. The first-order valence-corrected chi connectivity index (χ1v) is 6.61. The van der Waals surface area contributed by atoms with Gasteiger partial charge in [-0.3, -0.25) is 4.98 Å². The molecule has 1 aromatic carbocycles. The second kappa shape index (κ2) is 4.65. The van der Waals surface area contributed by atoms with Gasteiger partial charge in [-0.05, 0) is 23.3 Å². The number of nitrogens with two attached hydrogens (primary N) is 1. The van der Waals surface area contributed by atoms with Gasteiger partial charge in [0.2, 0.25) is 10.0 Å². The second-order valence-electron chi connectivity index (χ2n) is 3.69. The molecule has 0 aliphatic carbocycles. The molecule has 17 heavy (non-hydrogen) atoms. The average molecular weight is 248 g/mol. The molecule has 2 aromatic rings. The molecule has 2 N–H and O–H groups in total. The van der Waals surface area contributed by atoms with E-state index in [0.717, 1.165) is 5.56 Å². The van der Waals surface area contributed by atoms with Gasteiger partial charge in [0.1, 0.15) is 0 Å². The summed E-state index contributed by atoms with van der Waals surface area (Å²) in [7, 11) is -3.67. The van der Waals surface area contributed by atoms with Crippen LogP contribution in [0.25, 0.3) is 0 Å². The van der Waals surface area contributed by atoms with Crippen molar-refractivity contribution in [1.82, 2.24) is 4.98 Å². The van der Waals surface area contributed by atoms with Gasteiger partial charge in [-0.15, -0.1) is 0 Å². The van der Waals surface area contributed by atoms with Crippen molar-refractivity contribution in [3.8, 4) is 0 Å². The first-order valence-electron chi connectivity index (χ1n) is 5.07. The summed E-state index contributed by atoms with van der Waals surface area (Å²) in [4.78, 5) is 4.16. The van der Waals surface area contributed by atoms with Crippen LogP contribution in [-0.4, -0.2) is 13.4 Å². The minimum absolute atomic E-state index is 0.170. The molecule has 5 heteroatoms. The maximum atomic E-state index is 11.4. The molecule has 0 aliphatic rings. The lowest BCUT2D eigenvalue weighted by molar-refractivity contribution is 0.597. The SMILES string of the molecule is NS(=O)(=O)c1ccccc1Cc1cccnc1. The number of hydrogen-bond acceptors (Lipinski definition) is 3. The third kappa shape index (κ3) is 2.89. The summed E-state index contributed by atoms with van der Waals surface area (Å²) in [6.07, 6.45) is 3.88. The Bertz CT molecular complexity index is 609. The number of rotatable bonds is 3. The van der Waals surface area contributed by atoms with Gasteiger partial charge in [0.25, 0.3) is 0 Å². The predicted molar refractivity (Wildman–Crippen MR) is 64.9 cm³/mol. The zero-order valence-corrected chi connectivity index (χ0v) is 9.89. The van der Waals surface area contributed by atoms with E-state index in [1.807, 2.05) is 12.1 Å². The second-order valence-corrected chi connectivity index (χ2v) is 5.22. The molecular formula is C12H12N2O2S. The Morgan fingerprint density at radius 2 is 1.88 bits per heavy atom. The van der Waals surface area contributed by atoms with Gasteiger partial charge in [0.15, 0.2) is 0 Å². The molecule has 0 spiro atoms. The smallest absolute Gasteiger partial charge is 0.238 e. The summed E-state index contributed by atoms with van der Waals surface area (Å²) >= 11 is 0. The molecule has 0 saturated heterocycles. The average Bonchev–Trinajstić information content (AvgIpc) is 2.30. The predicted octanol–water partition coefficient (Wildman–Crippen LogP) is 1.32. The van der Waals surface area contributed by atoms with Crippen LogP contribution in [0, 0.1) is 0 Å². The van der Waals surface area contributed by atoms with Gasteiger partial charge in [-0.1, -0.05) is 24.3 Å². The first kappa shape index (κ1) is 11.8. The van der Waals surface area contributed by atoms with Crippen LogP contribution in [0.5, 0.6) is 0 Å². The van der Waals surface area contributed by atoms with E-state index in [2.05, 4.69) is 4.98 Å². The molecule has 88 valence electrons. The van der Waals surface area contributed by atoms with Crippen molar-refractivity contribution in [1.29, 1.82) is 0 Å². The summed E-state index contributed by atoms with van der Waals surface area (Å²) in [5.41, 5.74) is 1.63. The Morgan fingerprint density at radius 3 is 2.53 bits per heavy atom. The van der Waals surface area contributed by atoms with Crippen molar-refractivity contribution in [3.63, 3.8) is 0 Å². The van der Waals surface area contributed by atoms with Crippen molar-refractivity contribution in [2.24, 2.45) is 5.14 Å². The van der Waals surface area contributed by atoms with E-state index in [9.17, 15) is 8.42 Å². The normalized spacial score (nSPS) is 11.4. The number of aromatic nitrogens is 1. The summed E-state index contributed by atoms with van der Waals surface area (Å²) in [6.45, 7) is 0. The van der Waals surface area contributed by atoms with Crippen LogP contribution in [0.3, 0.4) is 0 Å². The number of pyridine rings is 1. The van der Waals surface area contributed by atoms with Gasteiger partial charge in [-0.2, -0.15) is 0 Å². The zero-order chi connectivity index (χ0) is 12.3. The third-order valence-electron chi connectivity index (χ3n) is 2.40. The molecule has 0 saturated carbocycles. The van der Waals surface area contributed by atoms with E-state index in [4.69, 9.17) is 5.14 Å². The lowest BCUT2D eigenvalue weighted by Crippen LogP contribution is -2.14. The number of sulfonamides is 1. The highest BCUT2D eigenvalue weighted by Crippen LogP contribution is 2.17. The van der Waals surface area contributed by atoms with Gasteiger partial charge in [-0.25, -0.2) is 13.6 Å². The van der Waals surface area contributed by atoms with Crippen LogP contribution in [-0.2, 0) is 16.4 Å².